The molecule has 0 aliphatic carbocycles. The van der Waals surface area contributed by atoms with E-state index < -0.39 is 0 Å². The predicted molar refractivity (Wildman–Crippen MR) is 90.4 cm³/mol. The number of thioether (sulfide) groups is 1. The largest absolute Gasteiger partial charge is 0.326 e. The number of nitrogens with zero attached hydrogens (tertiary/aromatic N) is 3. The average Bonchev–Trinajstić information content (AvgIpc) is 2.83. The first kappa shape index (κ1) is 16.6. The van der Waals surface area contributed by atoms with Gasteiger partial charge in [0.1, 0.15) is 5.82 Å². The van der Waals surface area contributed by atoms with Gasteiger partial charge in [-0.25, -0.2) is 0 Å². The number of aryl methyl sites for hydroxylation is 1. The van der Waals surface area contributed by atoms with E-state index in [9.17, 15) is 4.79 Å². The number of halogens is 1. The van der Waals surface area contributed by atoms with Crippen LogP contribution in [0.25, 0.3) is 0 Å². The van der Waals surface area contributed by atoms with Crippen LogP contribution in [0.1, 0.15) is 12.2 Å². The molecular weight excluding hydrogens is 320 g/mol. The molecule has 0 atom stereocenters. The Morgan fingerprint density at radius 1 is 1.41 bits per heavy atom. The number of hydrogen-bond donors (Lipinski definition) is 1. The Bertz CT molecular complexity index is 654. The molecule has 1 amide bonds. The zero-order valence-electron chi connectivity index (χ0n) is 12.3. The molecule has 0 aliphatic heterocycles. The van der Waals surface area contributed by atoms with Crippen LogP contribution in [0.15, 0.2) is 42.1 Å². The number of nitrogens with one attached hydrogen (secondary N) is 1. The summed E-state index contributed by atoms with van der Waals surface area (Å²) in [4.78, 5) is 11.9. The van der Waals surface area contributed by atoms with Gasteiger partial charge < -0.3 is 9.88 Å². The second-order valence-electron chi connectivity index (χ2n) is 4.58. The highest BCUT2D eigenvalue weighted by Crippen LogP contribution is 2.18. The molecule has 22 heavy (non-hydrogen) atoms. The zero-order chi connectivity index (χ0) is 15.9. The van der Waals surface area contributed by atoms with Crippen molar-refractivity contribution in [3.05, 3.63) is 47.8 Å². The summed E-state index contributed by atoms with van der Waals surface area (Å²) in [6.45, 7) is 6.28. The van der Waals surface area contributed by atoms with Gasteiger partial charge in [0, 0.05) is 29.4 Å². The molecule has 0 saturated heterocycles. The molecule has 0 aliphatic rings. The molecule has 0 fully saturated rings. The van der Waals surface area contributed by atoms with Crippen LogP contribution in [-0.2, 0) is 11.3 Å². The summed E-state index contributed by atoms with van der Waals surface area (Å²) in [6.07, 6.45) is 2.20. The molecule has 2 rings (SSSR count). The molecule has 0 bridgehead atoms. The Hall–Kier alpha value is -1.79. The maximum Gasteiger partial charge on any atom is 0.225 e. The maximum atomic E-state index is 11.9. The number of allylic oxidation sites excluding steroid dienone is 1. The molecule has 0 unspecified atom stereocenters. The van der Waals surface area contributed by atoms with Gasteiger partial charge in [0.25, 0.3) is 0 Å². The Labute approximate surface area is 138 Å². The Balaban J connectivity index is 1.82. The first-order chi connectivity index (χ1) is 10.6. The van der Waals surface area contributed by atoms with Crippen LogP contribution in [0.4, 0.5) is 5.69 Å². The minimum absolute atomic E-state index is 0.0404. The molecule has 1 N–H and O–H groups in total. The van der Waals surface area contributed by atoms with Crippen molar-refractivity contribution in [2.24, 2.45) is 0 Å². The van der Waals surface area contributed by atoms with Gasteiger partial charge in [0.2, 0.25) is 5.91 Å². The highest BCUT2D eigenvalue weighted by Gasteiger charge is 2.09. The van der Waals surface area contributed by atoms with Crippen LogP contribution in [0.2, 0.25) is 5.02 Å². The van der Waals surface area contributed by atoms with Gasteiger partial charge in [0.05, 0.1) is 0 Å². The Morgan fingerprint density at radius 2 is 2.14 bits per heavy atom. The van der Waals surface area contributed by atoms with Crippen molar-refractivity contribution < 1.29 is 4.79 Å². The highest BCUT2D eigenvalue weighted by molar-refractivity contribution is 7.99. The summed E-state index contributed by atoms with van der Waals surface area (Å²) in [5.41, 5.74) is 0.741. The summed E-state index contributed by atoms with van der Waals surface area (Å²) < 4.78 is 1.97. The number of carbonyl (C=O) groups excluding carboxylic acids is 1. The van der Waals surface area contributed by atoms with E-state index in [0.717, 1.165) is 16.7 Å². The van der Waals surface area contributed by atoms with Gasteiger partial charge in [-0.1, -0.05) is 29.4 Å². The molecule has 5 nitrogen and oxygen atoms in total. The third-order valence-corrected chi connectivity index (χ3v) is 4.12. The van der Waals surface area contributed by atoms with Crippen molar-refractivity contribution in [2.75, 3.05) is 11.1 Å². The van der Waals surface area contributed by atoms with Crippen LogP contribution >= 0.6 is 23.4 Å². The summed E-state index contributed by atoms with van der Waals surface area (Å²) in [5, 5.41) is 12.4. The van der Waals surface area contributed by atoms with Crippen LogP contribution in [0.5, 0.6) is 0 Å². The fraction of sp³-hybridized carbons (Fsp3) is 0.267. The third-order valence-electron chi connectivity index (χ3n) is 2.90. The summed E-state index contributed by atoms with van der Waals surface area (Å²) in [7, 11) is 0. The van der Waals surface area contributed by atoms with Gasteiger partial charge >= 0.3 is 0 Å². The monoisotopic (exact) mass is 336 g/mol. The first-order valence-electron chi connectivity index (χ1n) is 6.79. The summed E-state index contributed by atoms with van der Waals surface area (Å²) >= 11 is 7.31. The molecule has 0 spiro atoms. The van der Waals surface area contributed by atoms with E-state index in [2.05, 4.69) is 22.1 Å². The van der Waals surface area contributed by atoms with Crippen LogP contribution < -0.4 is 5.32 Å². The Morgan fingerprint density at radius 3 is 2.82 bits per heavy atom. The second kappa shape index (κ2) is 8.00. The van der Waals surface area contributed by atoms with E-state index in [4.69, 9.17) is 11.6 Å². The van der Waals surface area contributed by atoms with E-state index in [1.165, 1.54) is 11.8 Å². The zero-order valence-corrected chi connectivity index (χ0v) is 13.8. The van der Waals surface area contributed by atoms with E-state index >= 15 is 0 Å². The minimum Gasteiger partial charge on any atom is -0.326 e. The summed E-state index contributed by atoms with van der Waals surface area (Å²) in [5.74, 6) is 1.43. The maximum absolute atomic E-state index is 11.9. The lowest BCUT2D eigenvalue weighted by Gasteiger charge is -2.06. The van der Waals surface area contributed by atoms with E-state index in [-0.39, 0.29) is 5.91 Å². The number of carbonyl (C=O) groups is 1. The number of anilines is 1. The minimum atomic E-state index is -0.0404. The summed E-state index contributed by atoms with van der Waals surface area (Å²) in [6, 6.07) is 7.04. The molecule has 1 heterocycles. The molecular formula is C15H17ClN4OS. The van der Waals surface area contributed by atoms with E-state index in [1.54, 1.807) is 30.3 Å². The van der Waals surface area contributed by atoms with Gasteiger partial charge in [-0.15, -0.1) is 16.8 Å². The van der Waals surface area contributed by atoms with Gasteiger partial charge in [-0.3, -0.25) is 4.79 Å². The lowest BCUT2D eigenvalue weighted by molar-refractivity contribution is -0.115. The van der Waals surface area contributed by atoms with Crippen LogP contribution in [0, 0.1) is 6.92 Å². The standard InChI is InChI=1S/C15H17ClN4OS/c1-3-9-20-11(2)18-19-15(20)22-10-8-14(21)17-13-6-4-12(16)5-7-13/h3-7H,1,8-10H2,2H3,(H,17,21). The number of hydrogen-bond acceptors (Lipinski definition) is 4. The van der Waals surface area contributed by atoms with E-state index in [1.807, 2.05) is 11.5 Å². The molecule has 7 heteroatoms. The van der Waals surface area contributed by atoms with Crippen LogP contribution in [0.3, 0.4) is 0 Å². The number of amides is 1. The van der Waals surface area contributed by atoms with Gasteiger partial charge in [-0.05, 0) is 31.2 Å². The smallest absolute Gasteiger partial charge is 0.225 e. The van der Waals surface area contributed by atoms with Gasteiger partial charge in [0.15, 0.2) is 5.16 Å². The second-order valence-corrected chi connectivity index (χ2v) is 6.08. The van der Waals surface area contributed by atoms with Gasteiger partial charge in [-0.2, -0.15) is 0 Å². The fourth-order valence-corrected chi connectivity index (χ4v) is 2.86. The predicted octanol–water partition coefficient (Wildman–Crippen LogP) is 3.55. The molecule has 0 saturated carbocycles. The van der Waals surface area contributed by atoms with Crippen molar-refractivity contribution in [1.82, 2.24) is 14.8 Å². The third kappa shape index (κ3) is 4.61. The number of rotatable bonds is 7. The normalized spacial score (nSPS) is 10.5. The van der Waals surface area contributed by atoms with Crippen molar-refractivity contribution in [3.8, 4) is 0 Å². The lowest BCUT2D eigenvalue weighted by Crippen LogP contribution is -2.12. The number of aromatic nitrogens is 3. The van der Waals surface area contributed by atoms with E-state index in [0.29, 0.717) is 23.7 Å². The highest BCUT2D eigenvalue weighted by atomic mass is 35.5. The number of benzene rings is 1. The Kier molecular flexibility index (Phi) is 6.03. The molecule has 1 aromatic heterocycles. The lowest BCUT2D eigenvalue weighted by atomic mass is 10.3. The molecule has 0 radical (unpaired) electrons. The molecule has 116 valence electrons. The molecule has 2 aromatic rings. The van der Waals surface area contributed by atoms with Crippen molar-refractivity contribution in [2.45, 2.75) is 25.0 Å². The topological polar surface area (TPSA) is 59.8 Å². The quantitative estimate of drug-likeness (QED) is 0.620. The van der Waals surface area contributed by atoms with Crippen molar-refractivity contribution >= 4 is 35.0 Å². The fourth-order valence-electron chi connectivity index (χ4n) is 1.80. The SMILES string of the molecule is C=CCn1c(C)nnc1SCCC(=O)Nc1ccc(Cl)cc1. The van der Waals surface area contributed by atoms with Crippen molar-refractivity contribution in [3.63, 3.8) is 0 Å². The van der Waals surface area contributed by atoms with Crippen LogP contribution in [-0.4, -0.2) is 26.4 Å². The van der Waals surface area contributed by atoms with Crippen molar-refractivity contribution in [1.29, 1.82) is 0 Å². The molecule has 1 aromatic carbocycles. The first-order valence-corrected chi connectivity index (χ1v) is 8.15. The average molecular weight is 337 g/mol.